The fourth-order valence-corrected chi connectivity index (χ4v) is 2.15. The summed E-state index contributed by atoms with van der Waals surface area (Å²) in [7, 11) is 0. The Hall–Kier alpha value is -2.89. The van der Waals surface area contributed by atoms with Gasteiger partial charge >= 0.3 is 0 Å². The maximum atomic E-state index is 12.5. The summed E-state index contributed by atoms with van der Waals surface area (Å²) in [5, 5.41) is 5.64. The van der Waals surface area contributed by atoms with Crippen LogP contribution in [0.1, 0.15) is 48.4 Å². The molecule has 1 aromatic carbocycles. The van der Waals surface area contributed by atoms with Gasteiger partial charge in [0.25, 0.3) is 11.8 Å². The molecule has 0 aliphatic rings. The van der Waals surface area contributed by atoms with Crippen molar-refractivity contribution in [3.63, 3.8) is 0 Å². The fraction of sp³-hybridized carbons (Fsp3) is 0.316. The largest absolute Gasteiger partial charge is 0.492 e. The summed E-state index contributed by atoms with van der Waals surface area (Å²) in [4.78, 5) is 28.7. The molecule has 6 nitrogen and oxygen atoms in total. The number of amides is 2. The average Bonchev–Trinajstić information content (AvgIpc) is 2.55. The van der Waals surface area contributed by atoms with Crippen LogP contribution in [0.2, 0.25) is 0 Å². The third-order valence-electron chi connectivity index (χ3n) is 3.19. The van der Waals surface area contributed by atoms with Gasteiger partial charge in [0.15, 0.2) is 0 Å². The van der Waals surface area contributed by atoms with Gasteiger partial charge in [0.05, 0.1) is 23.4 Å². The molecule has 2 amide bonds. The summed E-state index contributed by atoms with van der Waals surface area (Å²) in [6.45, 7) is 8.04. The molecule has 0 saturated carbocycles. The third-order valence-corrected chi connectivity index (χ3v) is 3.19. The van der Waals surface area contributed by atoms with Crippen LogP contribution >= 0.6 is 0 Å². The second kappa shape index (κ2) is 7.79. The van der Waals surface area contributed by atoms with Crippen molar-refractivity contribution < 1.29 is 14.3 Å². The number of anilines is 1. The summed E-state index contributed by atoms with van der Waals surface area (Å²) in [6, 6.07) is 8.70. The fourth-order valence-electron chi connectivity index (χ4n) is 2.15. The Morgan fingerprint density at radius 2 is 1.72 bits per heavy atom. The van der Waals surface area contributed by atoms with E-state index >= 15 is 0 Å². The first kappa shape index (κ1) is 18.4. The van der Waals surface area contributed by atoms with Gasteiger partial charge in [-0.3, -0.25) is 14.6 Å². The number of nitrogens with one attached hydrogen (secondary N) is 2. The number of hydrogen-bond acceptors (Lipinski definition) is 4. The average molecular weight is 341 g/mol. The van der Waals surface area contributed by atoms with Gasteiger partial charge in [-0.05, 0) is 45.9 Å². The van der Waals surface area contributed by atoms with Gasteiger partial charge in [0.2, 0.25) is 0 Å². The van der Waals surface area contributed by atoms with E-state index < -0.39 is 0 Å². The van der Waals surface area contributed by atoms with Gasteiger partial charge in [-0.1, -0.05) is 12.1 Å². The monoisotopic (exact) mass is 341 g/mol. The molecule has 132 valence electrons. The van der Waals surface area contributed by atoms with E-state index in [0.29, 0.717) is 29.2 Å². The van der Waals surface area contributed by atoms with Crippen molar-refractivity contribution in [1.29, 1.82) is 0 Å². The Bertz CT molecular complexity index is 767. The molecule has 0 spiro atoms. The van der Waals surface area contributed by atoms with Crippen LogP contribution in [-0.2, 0) is 0 Å². The lowest BCUT2D eigenvalue weighted by molar-refractivity contribution is 0.0919. The standard InChI is InChI=1S/C19H23N3O3/c1-5-25-16-9-7-6-8-15(16)21-17(23)13-10-14(12-20-11-13)18(24)22-19(2,3)4/h6-12H,5H2,1-4H3,(H,21,23)(H,22,24). The summed E-state index contributed by atoms with van der Waals surface area (Å²) in [6.07, 6.45) is 2.86. The van der Waals surface area contributed by atoms with Crippen LogP contribution in [0.25, 0.3) is 0 Å². The lowest BCUT2D eigenvalue weighted by Gasteiger charge is -2.20. The number of pyridine rings is 1. The second-order valence-electron chi connectivity index (χ2n) is 6.55. The van der Waals surface area contributed by atoms with E-state index in [9.17, 15) is 9.59 Å². The first-order valence-electron chi connectivity index (χ1n) is 8.11. The van der Waals surface area contributed by atoms with E-state index in [1.807, 2.05) is 39.8 Å². The van der Waals surface area contributed by atoms with Crippen molar-refractivity contribution in [2.24, 2.45) is 0 Å². The molecule has 25 heavy (non-hydrogen) atoms. The number of ether oxygens (including phenoxy) is 1. The molecular formula is C19H23N3O3. The molecule has 0 bridgehead atoms. The van der Waals surface area contributed by atoms with Gasteiger partial charge in [0, 0.05) is 17.9 Å². The molecule has 6 heteroatoms. The van der Waals surface area contributed by atoms with E-state index in [0.717, 1.165) is 0 Å². The van der Waals surface area contributed by atoms with Gasteiger partial charge in [-0.25, -0.2) is 0 Å². The molecule has 2 N–H and O–H groups in total. The van der Waals surface area contributed by atoms with Crippen molar-refractivity contribution in [3.8, 4) is 5.75 Å². The van der Waals surface area contributed by atoms with Gasteiger partial charge in [0.1, 0.15) is 5.75 Å². The zero-order valence-corrected chi connectivity index (χ0v) is 14.9. The topological polar surface area (TPSA) is 80.3 Å². The summed E-state index contributed by atoms with van der Waals surface area (Å²) in [5.41, 5.74) is 0.832. The predicted molar refractivity (Wildman–Crippen MR) is 97.0 cm³/mol. The van der Waals surface area contributed by atoms with E-state index in [2.05, 4.69) is 15.6 Å². The molecule has 2 aromatic rings. The second-order valence-corrected chi connectivity index (χ2v) is 6.55. The number of nitrogens with zero attached hydrogens (tertiary/aromatic N) is 1. The van der Waals surface area contributed by atoms with Crippen molar-refractivity contribution >= 4 is 17.5 Å². The SMILES string of the molecule is CCOc1ccccc1NC(=O)c1cncc(C(=O)NC(C)(C)C)c1. The van der Waals surface area contributed by atoms with E-state index in [1.165, 1.54) is 18.5 Å². The quantitative estimate of drug-likeness (QED) is 0.875. The molecular weight excluding hydrogens is 318 g/mol. The highest BCUT2D eigenvalue weighted by Gasteiger charge is 2.17. The summed E-state index contributed by atoms with van der Waals surface area (Å²) in [5.74, 6) is -0.0395. The predicted octanol–water partition coefficient (Wildman–Crippen LogP) is 3.26. The zero-order valence-electron chi connectivity index (χ0n) is 14.9. The highest BCUT2D eigenvalue weighted by molar-refractivity contribution is 6.06. The number of carbonyl (C=O) groups is 2. The smallest absolute Gasteiger partial charge is 0.257 e. The Balaban J connectivity index is 2.18. The number of rotatable bonds is 5. The summed E-state index contributed by atoms with van der Waals surface area (Å²) < 4.78 is 5.50. The number of benzene rings is 1. The van der Waals surface area contributed by atoms with Crippen molar-refractivity contribution in [3.05, 3.63) is 53.9 Å². The van der Waals surface area contributed by atoms with Crippen LogP contribution in [0.15, 0.2) is 42.7 Å². The maximum Gasteiger partial charge on any atom is 0.257 e. The minimum absolute atomic E-state index is 0.274. The number of carbonyl (C=O) groups excluding carboxylic acids is 2. The Kier molecular flexibility index (Phi) is 5.75. The molecule has 0 atom stereocenters. The van der Waals surface area contributed by atoms with E-state index in [-0.39, 0.29) is 17.4 Å². The Morgan fingerprint density at radius 1 is 1.08 bits per heavy atom. The van der Waals surface area contributed by atoms with E-state index in [1.54, 1.807) is 12.1 Å². The van der Waals surface area contributed by atoms with Crippen molar-refractivity contribution in [2.75, 3.05) is 11.9 Å². The van der Waals surface area contributed by atoms with Crippen molar-refractivity contribution in [1.82, 2.24) is 10.3 Å². The van der Waals surface area contributed by atoms with Gasteiger partial charge in [-0.2, -0.15) is 0 Å². The lowest BCUT2D eigenvalue weighted by Crippen LogP contribution is -2.40. The molecule has 0 aliphatic carbocycles. The molecule has 1 heterocycles. The van der Waals surface area contributed by atoms with Gasteiger partial charge in [-0.15, -0.1) is 0 Å². The van der Waals surface area contributed by atoms with Crippen molar-refractivity contribution in [2.45, 2.75) is 33.2 Å². The van der Waals surface area contributed by atoms with Crippen LogP contribution in [0.5, 0.6) is 5.75 Å². The highest BCUT2D eigenvalue weighted by Crippen LogP contribution is 2.24. The molecule has 0 aliphatic heterocycles. The molecule has 0 saturated heterocycles. The molecule has 0 radical (unpaired) electrons. The van der Waals surface area contributed by atoms with Crippen LogP contribution in [0, 0.1) is 0 Å². The van der Waals surface area contributed by atoms with Crippen LogP contribution in [0.4, 0.5) is 5.69 Å². The first-order chi connectivity index (χ1) is 11.8. The van der Waals surface area contributed by atoms with Crippen LogP contribution in [-0.4, -0.2) is 28.9 Å². The zero-order chi connectivity index (χ0) is 18.4. The number of para-hydroxylation sites is 2. The van der Waals surface area contributed by atoms with Gasteiger partial charge < -0.3 is 15.4 Å². The third kappa shape index (κ3) is 5.31. The highest BCUT2D eigenvalue weighted by atomic mass is 16.5. The molecule has 2 rings (SSSR count). The van der Waals surface area contributed by atoms with E-state index in [4.69, 9.17) is 4.74 Å². The molecule has 0 fully saturated rings. The van der Waals surface area contributed by atoms with Crippen LogP contribution in [0.3, 0.4) is 0 Å². The van der Waals surface area contributed by atoms with Crippen LogP contribution < -0.4 is 15.4 Å². The minimum atomic E-state index is -0.369. The molecule has 0 unspecified atom stereocenters. The maximum absolute atomic E-state index is 12.5. The summed E-state index contributed by atoms with van der Waals surface area (Å²) >= 11 is 0. The normalized spacial score (nSPS) is 10.9. The lowest BCUT2D eigenvalue weighted by atomic mass is 10.1. The Morgan fingerprint density at radius 3 is 2.36 bits per heavy atom. The number of hydrogen-bond donors (Lipinski definition) is 2. The first-order valence-corrected chi connectivity index (χ1v) is 8.11. The molecule has 1 aromatic heterocycles. The Labute approximate surface area is 147 Å². The minimum Gasteiger partial charge on any atom is -0.492 e. The number of aromatic nitrogens is 1.